The lowest BCUT2D eigenvalue weighted by Crippen LogP contribution is -2.03. The van der Waals surface area contributed by atoms with Crippen molar-refractivity contribution in [3.63, 3.8) is 0 Å². The largest absolute Gasteiger partial charge is 0.494 e. The molecule has 0 atom stereocenters. The SMILES string of the molecule is CC1=Cc2c(CO)cccc2CO1. The van der Waals surface area contributed by atoms with Crippen LogP contribution in [0.2, 0.25) is 0 Å². The Morgan fingerprint density at radius 1 is 1.46 bits per heavy atom. The molecule has 0 fully saturated rings. The lowest BCUT2D eigenvalue weighted by molar-refractivity contribution is 0.198. The molecular formula is C11H12O2. The van der Waals surface area contributed by atoms with Crippen LogP contribution in [0, 0.1) is 0 Å². The number of fused-ring (bicyclic) bond motifs is 1. The molecule has 2 heteroatoms. The average Bonchev–Trinajstić information content (AvgIpc) is 2.17. The fourth-order valence-corrected chi connectivity index (χ4v) is 1.55. The van der Waals surface area contributed by atoms with Gasteiger partial charge < -0.3 is 9.84 Å². The van der Waals surface area contributed by atoms with E-state index in [2.05, 4.69) is 0 Å². The van der Waals surface area contributed by atoms with Crippen LogP contribution in [-0.4, -0.2) is 5.11 Å². The molecule has 0 aromatic heterocycles. The maximum absolute atomic E-state index is 9.11. The molecule has 1 aromatic rings. The smallest absolute Gasteiger partial charge is 0.113 e. The average molecular weight is 176 g/mol. The molecule has 68 valence electrons. The fraction of sp³-hybridized carbons (Fsp3) is 0.273. The topological polar surface area (TPSA) is 29.5 Å². The summed E-state index contributed by atoms with van der Waals surface area (Å²) in [7, 11) is 0. The number of hydrogen-bond donors (Lipinski definition) is 1. The van der Waals surface area contributed by atoms with Gasteiger partial charge in [0.05, 0.1) is 12.4 Å². The summed E-state index contributed by atoms with van der Waals surface area (Å²) in [6.45, 7) is 2.63. The molecule has 2 rings (SSSR count). The summed E-state index contributed by atoms with van der Waals surface area (Å²) >= 11 is 0. The Kier molecular flexibility index (Phi) is 2.07. The normalized spacial score (nSPS) is 14.5. The molecule has 0 aliphatic carbocycles. The van der Waals surface area contributed by atoms with Crippen LogP contribution in [0.15, 0.2) is 24.0 Å². The van der Waals surface area contributed by atoms with E-state index < -0.39 is 0 Å². The third-order valence-corrected chi connectivity index (χ3v) is 2.26. The van der Waals surface area contributed by atoms with E-state index in [4.69, 9.17) is 9.84 Å². The molecule has 1 aliphatic heterocycles. The molecule has 0 bridgehead atoms. The van der Waals surface area contributed by atoms with Crippen molar-refractivity contribution < 1.29 is 9.84 Å². The predicted octanol–water partition coefficient (Wildman–Crippen LogP) is 2.07. The molecule has 2 nitrogen and oxygen atoms in total. The second-order valence-electron chi connectivity index (χ2n) is 3.19. The van der Waals surface area contributed by atoms with Crippen molar-refractivity contribution in [1.29, 1.82) is 0 Å². The Balaban J connectivity index is 2.55. The third kappa shape index (κ3) is 1.45. The van der Waals surface area contributed by atoms with Crippen LogP contribution in [0.5, 0.6) is 0 Å². The van der Waals surface area contributed by atoms with Crippen molar-refractivity contribution in [3.8, 4) is 0 Å². The van der Waals surface area contributed by atoms with Crippen LogP contribution in [0.3, 0.4) is 0 Å². The monoisotopic (exact) mass is 176 g/mol. The first-order valence-electron chi connectivity index (χ1n) is 4.34. The number of benzene rings is 1. The summed E-state index contributed by atoms with van der Waals surface area (Å²) in [6.07, 6.45) is 1.98. The second-order valence-corrected chi connectivity index (χ2v) is 3.19. The molecule has 1 heterocycles. The highest BCUT2D eigenvalue weighted by Gasteiger charge is 2.10. The molecule has 1 aliphatic rings. The number of aliphatic hydroxyl groups is 1. The standard InChI is InChI=1S/C11H12O2/c1-8-5-11-9(6-12)3-2-4-10(11)7-13-8/h2-5,12H,6-7H2,1H3. The van der Waals surface area contributed by atoms with E-state index in [-0.39, 0.29) is 6.61 Å². The van der Waals surface area contributed by atoms with E-state index in [1.807, 2.05) is 31.2 Å². The Hall–Kier alpha value is -1.28. The molecule has 0 radical (unpaired) electrons. The molecule has 1 aromatic carbocycles. The first-order valence-corrected chi connectivity index (χ1v) is 4.34. The molecule has 1 N–H and O–H groups in total. The number of rotatable bonds is 1. The lowest BCUT2D eigenvalue weighted by Gasteiger charge is -2.17. The molecule has 0 saturated carbocycles. The van der Waals surface area contributed by atoms with Gasteiger partial charge in [0.1, 0.15) is 6.61 Å². The quantitative estimate of drug-likeness (QED) is 0.709. The summed E-state index contributed by atoms with van der Waals surface area (Å²) in [5.41, 5.74) is 3.24. The van der Waals surface area contributed by atoms with Crippen LogP contribution in [0.25, 0.3) is 6.08 Å². The van der Waals surface area contributed by atoms with Crippen molar-refractivity contribution in [2.24, 2.45) is 0 Å². The van der Waals surface area contributed by atoms with Gasteiger partial charge in [-0.15, -0.1) is 0 Å². The van der Waals surface area contributed by atoms with Crippen LogP contribution >= 0.6 is 0 Å². The van der Waals surface area contributed by atoms with Gasteiger partial charge >= 0.3 is 0 Å². The van der Waals surface area contributed by atoms with E-state index in [0.717, 1.165) is 22.4 Å². The highest BCUT2D eigenvalue weighted by molar-refractivity contribution is 5.60. The van der Waals surface area contributed by atoms with E-state index in [1.54, 1.807) is 0 Å². The van der Waals surface area contributed by atoms with Gasteiger partial charge in [-0.2, -0.15) is 0 Å². The van der Waals surface area contributed by atoms with Crippen LogP contribution in [0.4, 0.5) is 0 Å². The number of allylic oxidation sites excluding steroid dienone is 1. The van der Waals surface area contributed by atoms with Crippen molar-refractivity contribution in [1.82, 2.24) is 0 Å². The number of ether oxygens (including phenoxy) is 1. The van der Waals surface area contributed by atoms with Gasteiger partial charge in [0.25, 0.3) is 0 Å². The Bertz CT molecular complexity index is 353. The van der Waals surface area contributed by atoms with Gasteiger partial charge in [0.2, 0.25) is 0 Å². The van der Waals surface area contributed by atoms with Crippen LogP contribution in [-0.2, 0) is 18.0 Å². The van der Waals surface area contributed by atoms with Gasteiger partial charge in [-0.25, -0.2) is 0 Å². The van der Waals surface area contributed by atoms with Gasteiger partial charge in [0, 0.05) is 0 Å². The second kappa shape index (κ2) is 3.23. The lowest BCUT2D eigenvalue weighted by atomic mass is 10.00. The number of aliphatic hydroxyl groups excluding tert-OH is 1. The first kappa shape index (κ1) is 8.32. The Morgan fingerprint density at radius 3 is 3.08 bits per heavy atom. The van der Waals surface area contributed by atoms with Crippen molar-refractivity contribution in [2.75, 3.05) is 0 Å². The highest BCUT2D eigenvalue weighted by atomic mass is 16.5. The zero-order chi connectivity index (χ0) is 9.26. The zero-order valence-electron chi connectivity index (χ0n) is 7.58. The van der Waals surface area contributed by atoms with E-state index in [9.17, 15) is 0 Å². The maximum atomic E-state index is 9.11. The maximum Gasteiger partial charge on any atom is 0.113 e. The summed E-state index contributed by atoms with van der Waals surface area (Å²) in [4.78, 5) is 0. The van der Waals surface area contributed by atoms with E-state index in [0.29, 0.717) is 6.61 Å². The highest BCUT2D eigenvalue weighted by Crippen LogP contribution is 2.24. The molecule has 0 unspecified atom stereocenters. The van der Waals surface area contributed by atoms with Gasteiger partial charge in [-0.05, 0) is 29.7 Å². The molecule has 0 spiro atoms. The molecule has 13 heavy (non-hydrogen) atoms. The van der Waals surface area contributed by atoms with Gasteiger partial charge in [-0.1, -0.05) is 18.2 Å². The van der Waals surface area contributed by atoms with Crippen molar-refractivity contribution in [3.05, 3.63) is 40.6 Å². The number of hydrogen-bond acceptors (Lipinski definition) is 2. The Labute approximate surface area is 77.5 Å². The molecule has 0 saturated heterocycles. The summed E-state index contributed by atoms with van der Waals surface area (Å²) < 4.78 is 5.38. The van der Waals surface area contributed by atoms with Gasteiger partial charge in [-0.3, -0.25) is 0 Å². The third-order valence-electron chi connectivity index (χ3n) is 2.26. The van der Waals surface area contributed by atoms with E-state index in [1.165, 1.54) is 0 Å². The summed E-state index contributed by atoms with van der Waals surface area (Å²) in [5, 5.41) is 9.11. The Morgan fingerprint density at radius 2 is 2.31 bits per heavy atom. The predicted molar refractivity (Wildman–Crippen MR) is 50.8 cm³/mol. The first-order chi connectivity index (χ1) is 6.31. The molecular weight excluding hydrogens is 164 g/mol. The van der Waals surface area contributed by atoms with Crippen molar-refractivity contribution in [2.45, 2.75) is 20.1 Å². The van der Waals surface area contributed by atoms with Crippen LogP contribution < -0.4 is 0 Å². The van der Waals surface area contributed by atoms with Crippen LogP contribution in [0.1, 0.15) is 23.6 Å². The van der Waals surface area contributed by atoms with Crippen molar-refractivity contribution >= 4 is 6.08 Å². The summed E-state index contributed by atoms with van der Waals surface area (Å²) in [5.74, 6) is 0.911. The minimum absolute atomic E-state index is 0.0902. The minimum Gasteiger partial charge on any atom is -0.494 e. The fourth-order valence-electron chi connectivity index (χ4n) is 1.55. The van der Waals surface area contributed by atoms with Gasteiger partial charge in [0.15, 0.2) is 0 Å². The van der Waals surface area contributed by atoms with E-state index >= 15 is 0 Å². The summed E-state index contributed by atoms with van der Waals surface area (Å²) in [6, 6.07) is 5.91. The molecule has 0 amide bonds. The minimum atomic E-state index is 0.0902. The zero-order valence-corrected chi connectivity index (χ0v) is 7.58.